The van der Waals surface area contributed by atoms with E-state index in [-0.39, 0.29) is 44.3 Å². The maximum atomic E-state index is 14.2. The van der Waals surface area contributed by atoms with Crippen molar-refractivity contribution in [1.29, 1.82) is 0 Å². The molecule has 0 spiro atoms. The van der Waals surface area contributed by atoms with Crippen LogP contribution in [0.25, 0.3) is 0 Å². The van der Waals surface area contributed by atoms with Gasteiger partial charge in [-0.25, -0.2) is 0 Å². The van der Waals surface area contributed by atoms with E-state index in [2.05, 4.69) is 54.5 Å². The summed E-state index contributed by atoms with van der Waals surface area (Å²) in [5.41, 5.74) is 0.694. The van der Waals surface area contributed by atoms with Gasteiger partial charge < -0.3 is 4.79 Å². The Morgan fingerprint density at radius 1 is 0.879 bits per heavy atom. The van der Waals surface area contributed by atoms with E-state index in [1.807, 2.05) is 0 Å². The maximum Gasteiger partial charge on any atom is 0.159 e. The molecule has 0 amide bonds. The number of hydrogen-bond donors (Lipinski definition) is 0. The van der Waals surface area contributed by atoms with Gasteiger partial charge in [-0.1, -0.05) is 54.0 Å². The smallest absolute Gasteiger partial charge is 0.159 e. The van der Waals surface area contributed by atoms with E-state index in [4.69, 9.17) is 0 Å². The van der Waals surface area contributed by atoms with E-state index in [0.717, 1.165) is 44.9 Å². The fourth-order valence-electron chi connectivity index (χ4n) is 10.1. The standard InChI is InChI=1S/C30H44O3/c1-25(2)22-8-11-30(7)24(28(22,5)10-9-23(25)33)21(32)16-19-20-17-26(3,18-31)12-13-27(20,4)14-15-29(19,30)6/h16,18,20,22,24H,8-15,17H2,1-7H3/t20-,22?,24+,26?,27+,28-,29+,30+/m0/s1. The molecule has 5 aliphatic rings. The van der Waals surface area contributed by atoms with Gasteiger partial charge in [0.25, 0.3) is 0 Å². The Bertz CT molecular complexity index is 960. The van der Waals surface area contributed by atoms with E-state index in [1.165, 1.54) is 18.3 Å². The van der Waals surface area contributed by atoms with Crippen LogP contribution in [0, 0.1) is 50.2 Å². The highest BCUT2D eigenvalue weighted by atomic mass is 16.1. The monoisotopic (exact) mass is 452 g/mol. The Balaban J connectivity index is 1.63. The molecule has 0 aromatic carbocycles. The third-order valence-corrected chi connectivity index (χ3v) is 12.6. The van der Waals surface area contributed by atoms with Crippen LogP contribution in [0.5, 0.6) is 0 Å². The van der Waals surface area contributed by atoms with Crippen LogP contribution in [0.3, 0.4) is 0 Å². The molecule has 33 heavy (non-hydrogen) atoms. The van der Waals surface area contributed by atoms with Gasteiger partial charge in [-0.2, -0.15) is 0 Å². The van der Waals surface area contributed by atoms with Crippen LogP contribution in [0.1, 0.15) is 106 Å². The van der Waals surface area contributed by atoms with Gasteiger partial charge in [-0.05, 0) is 90.9 Å². The summed E-state index contributed by atoms with van der Waals surface area (Å²) >= 11 is 0. The van der Waals surface area contributed by atoms with E-state index in [1.54, 1.807) is 0 Å². The molecule has 2 unspecified atom stereocenters. The van der Waals surface area contributed by atoms with Gasteiger partial charge in [-0.3, -0.25) is 9.59 Å². The molecule has 0 saturated heterocycles. The third-order valence-electron chi connectivity index (χ3n) is 12.6. The fraction of sp³-hybridized carbons (Fsp3) is 0.833. The normalized spacial score (nSPS) is 53.2. The first-order valence-corrected chi connectivity index (χ1v) is 13.4. The Kier molecular flexibility index (Phi) is 4.77. The molecule has 0 aromatic heterocycles. The molecule has 0 heterocycles. The minimum absolute atomic E-state index is 0.0174. The number of hydrogen-bond acceptors (Lipinski definition) is 3. The topological polar surface area (TPSA) is 51.2 Å². The van der Waals surface area contributed by atoms with Crippen molar-refractivity contribution in [3.8, 4) is 0 Å². The zero-order chi connectivity index (χ0) is 24.2. The van der Waals surface area contributed by atoms with Gasteiger partial charge in [0.2, 0.25) is 0 Å². The zero-order valence-corrected chi connectivity index (χ0v) is 22.0. The van der Waals surface area contributed by atoms with Crippen molar-refractivity contribution >= 4 is 17.9 Å². The molecule has 0 aliphatic heterocycles. The van der Waals surface area contributed by atoms with Gasteiger partial charge in [0.05, 0.1) is 0 Å². The molecule has 0 radical (unpaired) electrons. The molecule has 4 fully saturated rings. The van der Waals surface area contributed by atoms with Gasteiger partial charge in [-0.15, -0.1) is 0 Å². The molecule has 0 aromatic rings. The van der Waals surface area contributed by atoms with Crippen LogP contribution in [-0.4, -0.2) is 17.9 Å². The second kappa shape index (κ2) is 6.70. The minimum atomic E-state index is -0.347. The summed E-state index contributed by atoms with van der Waals surface area (Å²) < 4.78 is 0. The van der Waals surface area contributed by atoms with Crippen molar-refractivity contribution < 1.29 is 14.4 Å². The SMILES string of the molecule is CC1(C=O)CC[C@]2(C)CC[C@]3(C)C(=CC(=O)[C@@H]4[C@@]5(C)CCC(=O)C(C)(C)C5CC[C@]43C)[C@@H]2C1. The van der Waals surface area contributed by atoms with Crippen molar-refractivity contribution in [3.05, 3.63) is 11.6 Å². The van der Waals surface area contributed by atoms with E-state index >= 15 is 0 Å². The number of rotatable bonds is 1. The first kappa shape index (κ1) is 23.5. The average molecular weight is 453 g/mol. The van der Waals surface area contributed by atoms with Crippen LogP contribution in [-0.2, 0) is 14.4 Å². The largest absolute Gasteiger partial charge is 0.303 e. The lowest BCUT2D eigenvalue weighted by Crippen LogP contribution is -2.66. The lowest BCUT2D eigenvalue weighted by molar-refractivity contribution is -0.187. The number of aldehydes is 1. The van der Waals surface area contributed by atoms with Crippen LogP contribution < -0.4 is 0 Å². The number of fused-ring (bicyclic) bond motifs is 7. The molecular formula is C30H44O3. The van der Waals surface area contributed by atoms with Gasteiger partial charge in [0.15, 0.2) is 5.78 Å². The van der Waals surface area contributed by atoms with Gasteiger partial charge in [0, 0.05) is 23.2 Å². The van der Waals surface area contributed by atoms with Gasteiger partial charge in [0.1, 0.15) is 12.1 Å². The number of ketones is 2. The predicted octanol–water partition coefficient (Wildman–Crippen LogP) is 6.74. The highest BCUT2D eigenvalue weighted by molar-refractivity contribution is 5.96. The molecule has 8 atom stereocenters. The molecule has 0 N–H and O–H groups in total. The zero-order valence-electron chi connectivity index (χ0n) is 22.0. The van der Waals surface area contributed by atoms with Crippen molar-refractivity contribution in [1.82, 2.24) is 0 Å². The van der Waals surface area contributed by atoms with Crippen LogP contribution in [0.2, 0.25) is 0 Å². The molecule has 3 heteroatoms. The van der Waals surface area contributed by atoms with Crippen molar-refractivity contribution in [2.45, 2.75) is 106 Å². The molecule has 5 rings (SSSR count). The molecule has 5 aliphatic carbocycles. The lowest BCUT2D eigenvalue weighted by Gasteiger charge is -2.69. The number of carbonyl (C=O) groups is 3. The van der Waals surface area contributed by atoms with E-state index in [0.29, 0.717) is 23.9 Å². The Hall–Kier alpha value is -1.25. The summed E-state index contributed by atoms with van der Waals surface area (Å²) in [6.07, 6.45) is 12.0. The van der Waals surface area contributed by atoms with Crippen molar-refractivity contribution in [2.24, 2.45) is 50.2 Å². The van der Waals surface area contributed by atoms with Crippen LogP contribution >= 0.6 is 0 Å². The highest BCUT2D eigenvalue weighted by Gasteiger charge is 2.70. The Morgan fingerprint density at radius 3 is 2.21 bits per heavy atom. The summed E-state index contributed by atoms with van der Waals surface area (Å²) in [6.45, 7) is 16.0. The van der Waals surface area contributed by atoms with Gasteiger partial charge >= 0.3 is 0 Å². The van der Waals surface area contributed by atoms with Crippen LogP contribution in [0.4, 0.5) is 0 Å². The first-order valence-electron chi connectivity index (χ1n) is 13.4. The first-order chi connectivity index (χ1) is 15.2. The lowest BCUT2D eigenvalue weighted by atomic mass is 9.33. The van der Waals surface area contributed by atoms with Crippen molar-refractivity contribution in [2.75, 3.05) is 0 Å². The summed E-state index contributed by atoms with van der Waals surface area (Å²) in [5, 5.41) is 0. The second-order valence-corrected chi connectivity index (χ2v) is 14.6. The Labute approximate surface area is 200 Å². The quantitative estimate of drug-likeness (QED) is 0.414. The fourth-order valence-corrected chi connectivity index (χ4v) is 10.1. The summed E-state index contributed by atoms with van der Waals surface area (Å²) in [4.78, 5) is 39.1. The number of Topliss-reactive ketones (excluding diaryl/α,β-unsaturated/α-hetero) is 1. The summed E-state index contributed by atoms with van der Waals surface area (Å²) in [5.74, 6) is 1.26. The molecule has 0 bridgehead atoms. The second-order valence-electron chi connectivity index (χ2n) is 14.6. The predicted molar refractivity (Wildman–Crippen MR) is 131 cm³/mol. The Morgan fingerprint density at radius 2 is 1.55 bits per heavy atom. The molecular weight excluding hydrogens is 408 g/mol. The van der Waals surface area contributed by atoms with E-state index < -0.39 is 0 Å². The van der Waals surface area contributed by atoms with Crippen molar-refractivity contribution in [3.63, 3.8) is 0 Å². The minimum Gasteiger partial charge on any atom is -0.303 e. The van der Waals surface area contributed by atoms with Crippen LogP contribution in [0.15, 0.2) is 11.6 Å². The number of allylic oxidation sites excluding steroid dienone is 2. The maximum absolute atomic E-state index is 14.2. The molecule has 182 valence electrons. The summed E-state index contributed by atoms with van der Waals surface area (Å²) in [7, 11) is 0. The molecule has 4 saturated carbocycles. The number of carbonyl (C=O) groups excluding carboxylic acids is 3. The average Bonchev–Trinajstić information content (AvgIpc) is 2.74. The molecule has 3 nitrogen and oxygen atoms in total. The highest BCUT2D eigenvalue weighted by Crippen LogP contribution is 2.74. The summed E-state index contributed by atoms with van der Waals surface area (Å²) in [6, 6.07) is 0. The van der Waals surface area contributed by atoms with E-state index in [9.17, 15) is 14.4 Å². The third kappa shape index (κ3) is 2.77.